The maximum Gasteiger partial charge on any atom is 0.0726 e. The van der Waals surface area contributed by atoms with Gasteiger partial charge in [-0.05, 0) is 24.6 Å². The van der Waals surface area contributed by atoms with E-state index >= 15 is 0 Å². The molecule has 1 aromatic carbocycles. The van der Waals surface area contributed by atoms with Crippen LogP contribution in [0.3, 0.4) is 0 Å². The quantitative estimate of drug-likeness (QED) is 0.529. The van der Waals surface area contributed by atoms with E-state index in [4.69, 9.17) is 17.3 Å². The molecule has 0 fully saturated rings. The van der Waals surface area contributed by atoms with Crippen LogP contribution in [0.25, 0.3) is 0 Å². The maximum absolute atomic E-state index is 7.18. The van der Waals surface area contributed by atoms with Gasteiger partial charge in [0.25, 0.3) is 0 Å². The van der Waals surface area contributed by atoms with Crippen molar-refractivity contribution in [3.05, 3.63) is 28.8 Å². The highest BCUT2D eigenvalue weighted by Crippen LogP contribution is 2.19. The molecule has 47 valence electrons. The van der Waals surface area contributed by atoms with Crippen molar-refractivity contribution in [2.45, 2.75) is 6.92 Å². The van der Waals surface area contributed by atoms with Crippen molar-refractivity contribution in [3.63, 3.8) is 0 Å². The standard InChI is InChI=1S/C7H7ClN/c1-5-2-3-7(9)6(8)4-5/h2-4,9H,1H3. The molecule has 1 nitrogen and oxygen atoms in total. The van der Waals surface area contributed by atoms with Crippen LogP contribution in [0, 0.1) is 6.92 Å². The summed E-state index contributed by atoms with van der Waals surface area (Å²) >= 11 is 5.63. The van der Waals surface area contributed by atoms with Gasteiger partial charge in [-0.1, -0.05) is 17.7 Å². The lowest BCUT2D eigenvalue weighted by Crippen LogP contribution is -1.73. The SMILES string of the molecule is Cc1ccc([NH])c(Cl)c1. The first-order chi connectivity index (χ1) is 4.20. The van der Waals surface area contributed by atoms with E-state index in [0.717, 1.165) is 5.56 Å². The van der Waals surface area contributed by atoms with Gasteiger partial charge in [0.05, 0.1) is 10.7 Å². The number of benzene rings is 1. The molecule has 0 unspecified atom stereocenters. The van der Waals surface area contributed by atoms with Crippen molar-refractivity contribution in [1.82, 2.24) is 5.73 Å². The van der Waals surface area contributed by atoms with Crippen LogP contribution in [0.2, 0.25) is 5.02 Å². The fourth-order valence-electron chi connectivity index (χ4n) is 0.620. The zero-order chi connectivity index (χ0) is 6.85. The Balaban J connectivity index is 3.17. The normalized spacial score (nSPS) is 9.56. The van der Waals surface area contributed by atoms with Crippen molar-refractivity contribution < 1.29 is 0 Å². The molecule has 1 N–H and O–H groups in total. The average molecular weight is 141 g/mol. The van der Waals surface area contributed by atoms with E-state index in [-0.39, 0.29) is 0 Å². The van der Waals surface area contributed by atoms with Crippen molar-refractivity contribution >= 4 is 17.3 Å². The Bertz CT molecular complexity index is 220. The van der Waals surface area contributed by atoms with Crippen molar-refractivity contribution in [1.29, 1.82) is 0 Å². The Labute approximate surface area is 59.4 Å². The molecule has 0 atom stereocenters. The van der Waals surface area contributed by atoms with Crippen LogP contribution in [0.5, 0.6) is 0 Å². The van der Waals surface area contributed by atoms with Crippen LogP contribution in [0.15, 0.2) is 18.2 Å². The molecule has 9 heavy (non-hydrogen) atoms. The molecule has 0 aliphatic heterocycles. The third-order valence-corrected chi connectivity index (χ3v) is 1.44. The molecule has 1 rings (SSSR count). The van der Waals surface area contributed by atoms with E-state index in [1.165, 1.54) is 0 Å². The molecule has 0 amide bonds. The Hall–Kier alpha value is -0.690. The van der Waals surface area contributed by atoms with Crippen LogP contribution in [0.1, 0.15) is 5.56 Å². The minimum Gasteiger partial charge on any atom is -0.299 e. The number of rotatable bonds is 0. The second-order valence-electron chi connectivity index (χ2n) is 1.98. The monoisotopic (exact) mass is 140 g/mol. The first-order valence-corrected chi connectivity index (χ1v) is 3.05. The number of hydrogen-bond acceptors (Lipinski definition) is 0. The van der Waals surface area contributed by atoms with Gasteiger partial charge in [-0.25, -0.2) is 0 Å². The Morgan fingerprint density at radius 1 is 1.44 bits per heavy atom. The fraction of sp³-hybridized carbons (Fsp3) is 0.143. The first kappa shape index (κ1) is 6.43. The molecule has 0 aliphatic rings. The van der Waals surface area contributed by atoms with E-state index in [1.807, 2.05) is 13.0 Å². The second-order valence-corrected chi connectivity index (χ2v) is 2.39. The second kappa shape index (κ2) is 2.28. The molecule has 0 spiro atoms. The van der Waals surface area contributed by atoms with Gasteiger partial charge in [-0.15, -0.1) is 0 Å². The summed E-state index contributed by atoms with van der Waals surface area (Å²) in [5, 5.41) is 0.523. The number of aryl methyl sites for hydroxylation is 1. The first-order valence-electron chi connectivity index (χ1n) is 2.68. The van der Waals surface area contributed by atoms with Crippen LogP contribution >= 0.6 is 11.6 Å². The Morgan fingerprint density at radius 2 is 2.11 bits per heavy atom. The predicted molar refractivity (Wildman–Crippen MR) is 38.9 cm³/mol. The summed E-state index contributed by atoms with van der Waals surface area (Å²) in [5.41, 5.74) is 8.67. The average Bonchev–Trinajstić information content (AvgIpc) is 1.80. The zero-order valence-corrected chi connectivity index (χ0v) is 5.87. The topological polar surface area (TPSA) is 23.8 Å². The minimum atomic E-state index is 0.391. The molecule has 2 heteroatoms. The third-order valence-electron chi connectivity index (χ3n) is 1.12. The lowest BCUT2D eigenvalue weighted by Gasteiger charge is -1.95. The molecule has 0 bridgehead atoms. The number of hydrogen-bond donors (Lipinski definition) is 0. The number of halogens is 1. The lowest BCUT2D eigenvalue weighted by molar-refractivity contribution is 1.42. The van der Waals surface area contributed by atoms with Gasteiger partial charge >= 0.3 is 0 Å². The van der Waals surface area contributed by atoms with Crippen LogP contribution < -0.4 is 5.73 Å². The van der Waals surface area contributed by atoms with Gasteiger partial charge in [0.1, 0.15) is 0 Å². The van der Waals surface area contributed by atoms with Crippen molar-refractivity contribution in [2.24, 2.45) is 0 Å². The summed E-state index contributed by atoms with van der Waals surface area (Å²) in [6.07, 6.45) is 0. The molecule has 1 radical (unpaired) electrons. The van der Waals surface area contributed by atoms with Gasteiger partial charge in [0.15, 0.2) is 0 Å². The highest BCUT2D eigenvalue weighted by Gasteiger charge is 1.93. The molecular weight excluding hydrogens is 134 g/mol. The highest BCUT2D eigenvalue weighted by molar-refractivity contribution is 6.32. The fourth-order valence-corrected chi connectivity index (χ4v) is 0.855. The zero-order valence-electron chi connectivity index (χ0n) is 5.11. The summed E-state index contributed by atoms with van der Waals surface area (Å²) in [5.74, 6) is 0. The highest BCUT2D eigenvalue weighted by atomic mass is 35.5. The summed E-state index contributed by atoms with van der Waals surface area (Å²) in [4.78, 5) is 0. The smallest absolute Gasteiger partial charge is 0.0726 e. The van der Waals surface area contributed by atoms with Gasteiger partial charge in [0, 0.05) is 0 Å². The summed E-state index contributed by atoms with van der Waals surface area (Å²) < 4.78 is 0. The molecule has 0 aliphatic carbocycles. The van der Waals surface area contributed by atoms with Gasteiger partial charge in [-0.3, -0.25) is 5.73 Å². The molecule has 0 heterocycles. The molecule has 1 aromatic rings. The van der Waals surface area contributed by atoms with E-state index in [0.29, 0.717) is 10.7 Å². The Kier molecular flexibility index (Phi) is 1.63. The maximum atomic E-state index is 7.18. The summed E-state index contributed by atoms with van der Waals surface area (Å²) in [6.45, 7) is 1.95. The largest absolute Gasteiger partial charge is 0.299 e. The molecule has 0 aromatic heterocycles. The predicted octanol–water partition coefficient (Wildman–Crippen LogP) is 2.56. The lowest BCUT2D eigenvalue weighted by atomic mass is 10.2. The van der Waals surface area contributed by atoms with E-state index < -0.39 is 0 Å². The molecule has 0 saturated carbocycles. The van der Waals surface area contributed by atoms with E-state index in [2.05, 4.69) is 0 Å². The summed E-state index contributed by atoms with van der Waals surface area (Å²) in [7, 11) is 0. The van der Waals surface area contributed by atoms with Gasteiger partial charge in [0.2, 0.25) is 0 Å². The van der Waals surface area contributed by atoms with Gasteiger partial charge in [-0.2, -0.15) is 0 Å². The molecule has 0 saturated heterocycles. The van der Waals surface area contributed by atoms with Crippen LogP contribution in [-0.4, -0.2) is 0 Å². The molecular formula is C7H7ClN. The van der Waals surface area contributed by atoms with E-state index in [1.54, 1.807) is 12.1 Å². The Morgan fingerprint density at radius 3 is 2.56 bits per heavy atom. The van der Waals surface area contributed by atoms with Gasteiger partial charge < -0.3 is 0 Å². The third kappa shape index (κ3) is 1.36. The van der Waals surface area contributed by atoms with Crippen molar-refractivity contribution in [3.8, 4) is 0 Å². The van der Waals surface area contributed by atoms with Crippen LogP contribution in [-0.2, 0) is 0 Å². The summed E-state index contributed by atoms with van der Waals surface area (Å²) in [6, 6.07) is 5.34. The minimum absolute atomic E-state index is 0.391. The number of nitrogens with one attached hydrogen (secondary N) is 1. The van der Waals surface area contributed by atoms with E-state index in [9.17, 15) is 0 Å². The van der Waals surface area contributed by atoms with Crippen LogP contribution in [0.4, 0.5) is 5.69 Å². The van der Waals surface area contributed by atoms with Crippen molar-refractivity contribution in [2.75, 3.05) is 0 Å².